The third-order valence-electron chi connectivity index (χ3n) is 1.60. The molecule has 2 rings (SSSR count). The van der Waals surface area contributed by atoms with Crippen LogP contribution in [0, 0.1) is 6.92 Å². The third kappa shape index (κ3) is 1.91. The highest BCUT2D eigenvalue weighted by molar-refractivity contribution is 8.01. The van der Waals surface area contributed by atoms with Gasteiger partial charge in [-0.3, -0.25) is 4.68 Å². The topological polar surface area (TPSA) is 56.7 Å². The van der Waals surface area contributed by atoms with Crippen molar-refractivity contribution >= 4 is 28.8 Å². The minimum absolute atomic E-state index is 0.699. The first kappa shape index (κ1) is 9.54. The zero-order chi connectivity index (χ0) is 10.1. The van der Waals surface area contributed by atoms with E-state index in [0.717, 1.165) is 15.1 Å². The summed E-state index contributed by atoms with van der Waals surface area (Å²) in [6.45, 7) is 1.97. The van der Waals surface area contributed by atoms with Crippen molar-refractivity contribution < 1.29 is 0 Å². The minimum atomic E-state index is 0.699. The van der Waals surface area contributed by atoms with Crippen LogP contribution in [0.25, 0.3) is 0 Å². The number of hydrogen-bond acceptors (Lipinski definition) is 5. The number of rotatable bonds is 2. The summed E-state index contributed by atoms with van der Waals surface area (Å²) >= 11 is 3.12. The van der Waals surface area contributed by atoms with Crippen LogP contribution in [0.1, 0.15) is 5.69 Å². The first-order valence-corrected chi connectivity index (χ1v) is 5.74. The molecule has 2 aromatic heterocycles. The molecular weight excluding hydrogens is 216 g/mol. The molecule has 0 radical (unpaired) electrons. The molecule has 0 saturated heterocycles. The number of thiazole rings is 1. The average molecular weight is 226 g/mol. The van der Waals surface area contributed by atoms with Crippen molar-refractivity contribution in [3.05, 3.63) is 17.3 Å². The summed E-state index contributed by atoms with van der Waals surface area (Å²) in [7, 11) is 1.85. The van der Waals surface area contributed by atoms with Crippen molar-refractivity contribution in [3.63, 3.8) is 0 Å². The van der Waals surface area contributed by atoms with Crippen LogP contribution < -0.4 is 5.73 Å². The number of hydrogen-bond donors (Lipinski definition) is 1. The van der Waals surface area contributed by atoms with Crippen LogP contribution in [0.3, 0.4) is 0 Å². The van der Waals surface area contributed by atoms with Crippen LogP contribution in [0.15, 0.2) is 20.9 Å². The second-order valence-electron chi connectivity index (χ2n) is 2.92. The first-order valence-electron chi connectivity index (χ1n) is 4.04. The van der Waals surface area contributed by atoms with Gasteiger partial charge in [-0.15, -0.1) is 11.3 Å². The van der Waals surface area contributed by atoms with E-state index >= 15 is 0 Å². The highest BCUT2D eigenvalue weighted by Gasteiger charge is 2.08. The van der Waals surface area contributed by atoms with Crippen molar-refractivity contribution in [1.82, 2.24) is 14.8 Å². The second kappa shape index (κ2) is 3.62. The molecule has 0 aliphatic carbocycles. The summed E-state index contributed by atoms with van der Waals surface area (Å²) in [4.78, 5) is 4.33. The van der Waals surface area contributed by atoms with Gasteiger partial charge in [0.05, 0.1) is 5.69 Å². The lowest BCUT2D eigenvalue weighted by molar-refractivity contribution is 0.738. The van der Waals surface area contributed by atoms with Gasteiger partial charge in [-0.2, -0.15) is 5.10 Å². The molecule has 0 spiro atoms. The largest absolute Gasteiger partial charge is 0.395 e. The molecule has 2 N–H and O–H groups in total. The predicted octanol–water partition coefficient (Wildman–Crippen LogP) is 1.92. The Morgan fingerprint density at radius 3 is 2.86 bits per heavy atom. The molecule has 0 atom stereocenters. The van der Waals surface area contributed by atoms with Crippen molar-refractivity contribution in [2.24, 2.45) is 7.05 Å². The molecular formula is C8H10N4S2. The van der Waals surface area contributed by atoms with Crippen LogP contribution in [-0.4, -0.2) is 14.8 Å². The van der Waals surface area contributed by atoms with E-state index < -0.39 is 0 Å². The number of anilines is 1. The lowest BCUT2D eigenvalue weighted by Crippen LogP contribution is -1.86. The van der Waals surface area contributed by atoms with Gasteiger partial charge in [0.25, 0.3) is 0 Å². The Labute approximate surface area is 90.1 Å². The fraction of sp³-hybridized carbons (Fsp3) is 0.250. The van der Waals surface area contributed by atoms with E-state index in [9.17, 15) is 0 Å². The molecule has 0 aliphatic rings. The molecule has 2 heterocycles. The van der Waals surface area contributed by atoms with Crippen LogP contribution in [0.4, 0.5) is 5.69 Å². The Bertz CT molecular complexity index is 446. The Balaban J connectivity index is 2.22. The van der Waals surface area contributed by atoms with Gasteiger partial charge in [0.15, 0.2) is 4.34 Å². The summed E-state index contributed by atoms with van der Waals surface area (Å²) < 4.78 is 2.69. The summed E-state index contributed by atoms with van der Waals surface area (Å²) in [6.07, 6.45) is 1.79. The van der Waals surface area contributed by atoms with Gasteiger partial charge in [0.1, 0.15) is 5.03 Å². The Kier molecular flexibility index (Phi) is 2.47. The van der Waals surface area contributed by atoms with Gasteiger partial charge in [0.2, 0.25) is 0 Å². The van der Waals surface area contributed by atoms with Crippen molar-refractivity contribution in [2.75, 3.05) is 5.73 Å². The molecule has 0 aromatic carbocycles. The zero-order valence-corrected chi connectivity index (χ0v) is 9.52. The van der Waals surface area contributed by atoms with Gasteiger partial charge in [-0.05, 0) is 18.7 Å². The fourth-order valence-electron chi connectivity index (χ4n) is 1.03. The highest BCUT2D eigenvalue weighted by atomic mass is 32.2. The molecule has 14 heavy (non-hydrogen) atoms. The number of nitrogens with zero attached hydrogens (tertiary/aromatic N) is 3. The normalized spacial score (nSPS) is 10.7. The predicted molar refractivity (Wildman–Crippen MR) is 58.6 cm³/mol. The summed E-state index contributed by atoms with van der Waals surface area (Å²) in [5.41, 5.74) is 7.50. The summed E-state index contributed by atoms with van der Waals surface area (Å²) in [5, 5.41) is 7.07. The lowest BCUT2D eigenvalue weighted by atomic mass is 10.6. The molecule has 6 heteroatoms. The van der Waals surface area contributed by atoms with Crippen LogP contribution in [0.5, 0.6) is 0 Å². The number of nitrogen functional groups attached to an aromatic ring is 1. The maximum atomic E-state index is 5.77. The fourth-order valence-corrected chi connectivity index (χ4v) is 2.82. The van der Waals surface area contributed by atoms with Gasteiger partial charge in [-0.1, -0.05) is 0 Å². The lowest BCUT2D eigenvalue weighted by Gasteiger charge is -1.92. The van der Waals surface area contributed by atoms with Crippen molar-refractivity contribution in [2.45, 2.75) is 16.3 Å². The summed E-state index contributed by atoms with van der Waals surface area (Å²) in [6, 6.07) is 0. The highest BCUT2D eigenvalue weighted by Crippen LogP contribution is 2.32. The van der Waals surface area contributed by atoms with Crippen LogP contribution >= 0.6 is 23.1 Å². The van der Waals surface area contributed by atoms with Gasteiger partial charge in [-0.25, -0.2) is 4.98 Å². The quantitative estimate of drug-likeness (QED) is 0.850. The van der Waals surface area contributed by atoms with Crippen LogP contribution in [-0.2, 0) is 7.05 Å². The van der Waals surface area contributed by atoms with E-state index in [4.69, 9.17) is 5.73 Å². The van der Waals surface area contributed by atoms with Crippen molar-refractivity contribution in [3.8, 4) is 0 Å². The Morgan fingerprint density at radius 2 is 2.36 bits per heavy atom. The summed E-state index contributed by atoms with van der Waals surface area (Å²) in [5.74, 6) is 0. The van der Waals surface area contributed by atoms with E-state index in [-0.39, 0.29) is 0 Å². The maximum absolute atomic E-state index is 5.77. The second-order valence-corrected chi connectivity index (χ2v) is 5.01. The minimum Gasteiger partial charge on any atom is -0.395 e. The van der Waals surface area contributed by atoms with E-state index in [1.807, 2.05) is 19.4 Å². The number of aromatic nitrogens is 3. The Morgan fingerprint density at radius 1 is 1.57 bits per heavy atom. The molecule has 2 aromatic rings. The molecule has 0 aliphatic heterocycles. The zero-order valence-electron chi connectivity index (χ0n) is 7.89. The van der Waals surface area contributed by atoms with E-state index in [0.29, 0.717) is 5.69 Å². The van der Waals surface area contributed by atoms with E-state index in [1.54, 1.807) is 22.2 Å². The molecule has 0 unspecified atom stereocenters. The molecule has 74 valence electrons. The number of aryl methyl sites for hydroxylation is 2. The SMILES string of the molecule is Cc1csc(Sc2nn(C)cc2N)n1. The standard InChI is InChI=1S/C8H10N4S2/c1-5-4-13-8(10-5)14-7-6(9)3-12(2)11-7/h3-4H,9H2,1-2H3. The van der Waals surface area contributed by atoms with Crippen molar-refractivity contribution in [1.29, 1.82) is 0 Å². The first-order chi connectivity index (χ1) is 6.65. The average Bonchev–Trinajstić information content (AvgIpc) is 2.61. The van der Waals surface area contributed by atoms with E-state index in [1.165, 1.54) is 11.8 Å². The van der Waals surface area contributed by atoms with Gasteiger partial charge in [0, 0.05) is 24.3 Å². The maximum Gasteiger partial charge on any atom is 0.156 e. The monoisotopic (exact) mass is 226 g/mol. The van der Waals surface area contributed by atoms with Gasteiger partial charge < -0.3 is 5.73 Å². The molecule has 0 fully saturated rings. The third-order valence-corrected chi connectivity index (χ3v) is 3.67. The molecule has 0 amide bonds. The number of nitrogens with two attached hydrogens (primary N) is 1. The smallest absolute Gasteiger partial charge is 0.156 e. The molecule has 4 nitrogen and oxygen atoms in total. The van der Waals surface area contributed by atoms with E-state index in [2.05, 4.69) is 10.1 Å². The molecule has 0 bridgehead atoms. The Hall–Kier alpha value is -1.01. The van der Waals surface area contributed by atoms with Gasteiger partial charge >= 0.3 is 0 Å². The molecule has 0 saturated carbocycles. The van der Waals surface area contributed by atoms with Crippen LogP contribution in [0.2, 0.25) is 0 Å².